The highest BCUT2D eigenvalue weighted by atomic mass is 35.5. The van der Waals surface area contributed by atoms with Gasteiger partial charge in [-0.25, -0.2) is 9.67 Å². The number of nitrogen functional groups attached to an aromatic ring is 1. The van der Waals surface area contributed by atoms with Crippen molar-refractivity contribution in [2.45, 2.75) is 12.4 Å². The monoisotopic (exact) mass is 415 g/mol. The number of aromatic nitrogens is 4. The molecule has 0 fully saturated rings. The molecule has 0 bridgehead atoms. The van der Waals surface area contributed by atoms with E-state index in [9.17, 15) is 26.3 Å². The van der Waals surface area contributed by atoms with Crippen LogP contribution in [0.3, 0.4) is 0 Å². The Bertz CT molecular complexity index is 991. The maximum Gasteiger partial charge on any atom is 0.434 e. The molecule has 3 aromatic rings. The second kappa shape index (κ2) is 5.88. The Morgan fingerprint density at radius 2 is 1.54 bits per heavy atom. The Balaban J connectivity index is 2.42. The van der Waals surface area contributed by atoms with Crippen LogP contribution < -0.4 is 5.73 Å². The van der Waals surface area contributed by atoms with E-state index < -0.39 is 40.5 Å². The minimum absolute atomic E-state index is 0.116. The van der Waals surface area contributed by atoms with Crippen LogP contribution in [0.1, 0.15) is 11.4 Å². The summed E-state index contributed by atoms with van der Waals surface area (Å²) < 4.78 is 79.2. The van der Waals surface area contributed by atoms with Gasteiger partial charge in [0.2, 0.25) is 0 Å². The largest absolute Gasteiger partial charge is 0.434 e. The van der Waals surface area contributed by atoms with Gasteiger partial charge in [0, 0.05) is 12.4 Å². The highest BCUT2D eigenvalue weighted by molar-refractivity contribution is 6.37. The number of alkyl halides is 6. The molecule has 0 unspecified atom stereocenters. The van der Waals surface area contributed by atoms with Crippen LogP contribution in [0.4, 0.5) is 32.2 Å². The molecule has 0 atom stereocenters. The number of hydrogen-bond acceptors (Lipinski definition) is 4. The van der Waals surface area contributed by atoms with Gasteiger partial charge in [0.25, 0.3) is 0 Å². The van der Waals surface area contributed by atoms with E-state index in [2.05, 4.69) is 15.1 Å². The Kier molecular flexibility index (Phi) is 4.19. The fourth-order valence-corrected chi connectivity index (χ4v) is 2.78. The lowest BCUT2D eigenvalue weighted by Gasteiger charge is -2.11. The van der Waals surface area contributed by atoms with Crippen molar-refractivity contribution < 1.29 is 26.3 Å². The summed E-state index contributed by atoms with van der Waals surface area (Å²) in [6, 6.07) is 0.362. The predicted octanol–water partition coefficient (Wildman–Crippen LogP) is 4.74. The summed E-state index contributed by atoms with van der Waals surface area (Å²) in [5.74, 6) is -0.622. The molecule has 0 aromatic carbocycles. The van der Waals surface area contributed by atoms with E-state index in [0.29, 0.717) is 10.7 Å². The molecule has 138 valence electrons. The van der Waals surface area contributed by atoms with E-state index in [4.69, 9.17) is 28.9 Å². The van der Waals surface area contributed by atoms with E-state index in [1.54, 1.807) is 0 Å². The molecule has 13 heteroatoms. The molecule has 0 aliphatic rings. The molecular weight excluding hydrogens is 411 g/mol. The van der Waals surface area contributed by atoms with Gasteiger partial charge in [-0.2, -0.15) is 31.4 Å². The van der Waals surface area contributed by atoms with Crippen molar-refractivity contribution in [3.8, 4) is 5.69 Å². The quantitative estimate of drug-likeness (QED) is 0.582. The standard InChI is InChI=1S/C13H5Cl2F6N5/c14-4-2-23-3-5(15)9(4)26-11(22)8-6(25-26)1-7(12(16,17)18)24-10(8)13(19,20)21/h1-3H,22H2. The lowest BCUT2D eigenvalue weighted by atomic mass is 10.2. The SMILES string of the molecule is Nc1c2c(C(F)(F)F)nc(C(F)(F)F)cc2nn1-c1c(Cl)cncc1Cl. The van der Waals surface area contributed by atoms with Crippen LogP contribution in [-0.4, -0.2) is 19.7 Å². The topological polar surface area (TPSA) is 69.6 Å². The zero-order valence-corrected chi connectivity index (χ0v) is 13.6. The third-order valence-corrected chi connectivity index (χ3v) is 3.84. The van der Waals surface area contributed by atoms with Gasteiger partial charge < -0.3 is 5.73 Å². The molecule has 3 heterocycles. The van der Waals surface area contributed by atoms with Gasteiger partial charge in [0.15, 0.2) is 5.69 Å². The Morgan fingerprint density at radius 3 is 2.04 bits per heavy atom. The third-order valence-electron chi connectivity index (χ3n) is 3.29. The Labute approximate surface area is 150 Å². The zero-order valence-electron chi connectivity index (χ0n) is 12.1. The highest BCUT2D eigenvalue weighted by Gasteiger charge is 2.41. The minimum Gasteiger partial charge on any atom is -0.383 e. The van der Waals surface area contributed by atoms with Crippen LogP contribution in [0.2, 0.25) is 10.0 Å². The predicted molar refractivity (Wildman–Crippen MR) is 81.1 cm³/mol. The van der Waals surface area contributed by atoms with Crippen molar-refractivity contribution in [1.29, 1.82) is 0 Å². The maximum absolute atomic E-state index is 13.3. The van der Waals surface area contributed by atoms with Crippen molar-refractivity contribution >= 4 is 39.9 Å². The van der Waals surface area contributed by atoms with Crippen molar-refractivity contribution in [3.05, 3.63) is 39.9 Å². The lowest BCUT2D eigenvalue weighted by Crippen LogP contribution is -2.15. The van der Waals surface area contributed by atoms with Crippen molar-refractivity contribution in [1.82, 2.24) is 19.7 Å². The molecule has 2 N–H and O–H groups in total. The number of halogens is 8. The average molecular weight is 416 g/mol. The number of nitrogens with two attached hydrogens (primary N) is 1. The second-order valence-corrected chi connectivity index (χ2v) is 5.81. The number of anilines is 1. The summed E-state index contributed by atoms with van der Waals surface area (Å²) in [7, 11) is 0. The zero-order chi connectivity index (χ0) is 19.4. The van der Waals surface area contributed by atoms with Gasteiger partial charge in [0.05, 0.1) is 20.9 Å². The van der Waals surface area contributed by atoms with Gasteiger partial charge in [0.1, 0.15) is 17.2 Å². The van der Waals surface area contributed by atoms with E-state index >= 15 is 0 Å². The van der Waals surface area contributed by atoms with Crippen molar-refractivity contribution in [2.24, 2.45) is 0 Å². The number of pyridine rings is 2. The molecule has 3 rings (SSSR count). The summed E-state index contributed by atoms with van der Waals surface area (Å²) in [4.78, 5) is 6.36. The summed E-state index contributed by atoms with van der Waals surface area (Å²) in [5.41, 5.74) is 1.35. The van der Waals surface area contributed by atoms with Gasteiger partial charge in [-0.3, -0.25) is 4.98 Å². The summed E-state index contributed by atoms with van der Waals surface area (Å²) in [6.45, 7) is 0. The first kappa shape index (κ1) is 18.5. The van der Waals surface area contributed by atoms with E-state index in [0.717, 1.165) is 12.4 Å². The number of rotatable bonds is 1. The second-order valence-electron chi connectivity index (χ2n) is 4.99. The first-order chi connectivity index (χ1) is 11.9. The van der Waals surface area contributed by atoms with E-state index in [1.165, 1.54) is 0 Å². The Hall–Kier alpha value is -2.27. The number of fused-ring (bicyclic) bond motifs is 1. The number of nitrogens with zero attached hydrogens (tertiary/aromatic N) is 4. The molecular formula is C13H5Cl2F6N5. The molecule has 0 spiro atoms. The fraction of sp³-hybridized carbons (Fsp3) is 0.154. The molecule has 0 saturated heterocycles. The normalized spacial score (nSPS) is 12.8. The summed E-state index contributed by atoms with van der Waals surface area (Å²) in [5, 5.41) is 2.68. The van der Waals surface area contributed by atoms with Crippen LogP contribution in [0.25, 0.3) is 16.6 Å². The molecule has 26 heavy (non-hydrogen) atoms. The maximum atomic E-state index is 13.3. The van der Waals surface area contributed by atoms with Crippen molar-refractivity contribution in [3.63, 3.8) is 0 Å². The first-order valence-corrected chi connectivity index (χ1v) is 7.30. The van der Waals surface area contributed by atoms with Gasteiger partial charge in [-0.1, -0.05) is 23.2 Å². The smallest absolute Gasteiger partial charge is 0.383 e. The molecule has 0 aliphatic carbocycles. The van der Waals surface area contributed by atoms with Crippen LogP contribution in [-0.2, 0) is 12.4 Å². The average Bonchev–Trinajstić information content (AvgIpc) is 2.81. The Morgan fingerprint density at radius 1 is 0.962 bits per heavy atom. The van der Waals surface area contributed by atoms with E-state index in [-0.39, 0.29) is 15.7 Å². The van der Waals surface area contributed by atoms with Gasteiger partial charge >= 0.3 is 12.4 Å². The fourth-order valence-electron chi connectivity index (χ4n) is 2.26. The van der Waals surface area contributed by atoms with Crippen LogP contribution in [0.15, 0.2) is 18.5 Å². The van der Waals surface area contributed by atoms with Crippen LogP contribution in [0.5, 0.6) is 0 Å². The lowest BCUT2D eigenvalue weighted by molar-refractivity contribution is -0.149. The molecule has 0 aliphatic heterocycles. The molecule has 0 amide bonds. The van der Waals surface area contributed by atoms with E-state index in [1.807, 2.05) is 0 Å². The first-order valence-electron chi connectivity index (χ1n) is 6.54. The summed E-state index contributed by atoms with van der Waals surface area (Å²) in [6.07, 6.45) is -8.07. The molecule has 0 saturated carbocycles. The van der Waals surface area contributed by atoms with Crippen LogP contribution in [0, 0.1) is 0 Å². The third kappa shape index (κ3) is 3.01. The molecule has 0 radical (unpaired) electrons. The van der Waals surface area contributed by atoms with Crippen molar-refractivity contribution in [2.75, 3.05) is 5.73 Å². The highest BCUT2D eigenvalue weighted by Crippen LogP contribution is 2.41. The van der Waals surface area contributed by atoms with Gasteiger partial charge in [-0.05, 0) is 6.07 Å². The van der Waals surface area contributed by atoms with Gasteiger partial charge in [-0.15, -0.1) is 0 Å². The molecule has 5 nitrogen and oxygen atoms in total. The summed E-state index contributed by atoms with van der Waals surface area (Å²) >= 11 is 11.8. The number of hydrogen-bond donors (Lipinski definition) is 1. The molecule has 3 aromatic heterocycles. The van der Waals surface area contributed by atoms with Crippen LogP contribution >= 0.6 is 23.2 Å². The minimum atomic E-state index is -5.20.